The molecule has 0 aromatic heterocycles. The minimum absolute atomic E-state index is 0.00672. The normalized spacial score (nSPS) is 21.1. The van der Waals surface area contributed by atoms with Gasteiger partial charge in [-0.2, -0.15) is 0 Å². The maximum atomic E-state index is 12.8. The molecule has 1 aliphatic carbocycles. The Hall–Kier alpha value is -2.15. The van der Waals surface area contributed by atoms with Crippen LogP contribution in [0.15, 0.2) is 12.2 Å². The number of methoxy groups -OCH3 is 2. The molecule has 9 atom stereocenters. The zero-order valence-electron chi connectivity index (χ0n) is 33.0. The highest BCUT2D eigenvalue weighted by Gasteiger charge is 2.49. The monoisotopic (exact) mass is 706 g/mol. The fourth-order valence-corrected chi connectivity index (χ4v) is 14.2. The molecule has 0 bridgehead atoms. The van der Waals surface area contributed by atoms with E-state index in [4.69, 9.17) is 18.6 Å². The molecule has 1 saturated carbocycles. The van der Waals surface area contributed by atoms with Gasteiger partial charge >= 0.3 is 17.9 Å². The number of allylic oxidation sites excluding steroid dienone is 1. The maximum absolute atomic E-state index is 12.8. The number of ether oxygens (including phenoxy) is 3. The van der Waals surface area contributed by atoms with Crippen LogP contribution in [0.25, 0.3) is 0 Å². The highest BCUT2D eigenvalue weighted by molar-refractivity contribution is 6.77. The van der Waals surface area contributed by atoms with Crippen LogP contribution in [0.2, 0.25) is 16.6 Å². The van der Waals surface area contributed by atoms with Crippen LogP contribution in [0.5, 0.6) is 0 Å². The van der Waals surface area contributed by atoms with Crippen LogP contribution in [0.3, 0.4) is 0 Å². The highest BCUT2D eigenvalue weighted by Crippen LogP contribution is 2.46. The summed E-state index contributed by atoms with van der Waals surface area (Å²) in [4.78, 5) is 36.4. The predicted octanol–water partition coefficient (Wildman–Crippen LogP) is 8.66. The number of esters is 3. The van der Waals surface area contributed by atoms with E-state index in [0.29, 0.717) is 34.9 Å². The van der Waals surface area contributed by atoms with E-state index in [0.717, 1.165) is 38.5 Å². The van der Waals surface area contributed by atoms with Crippen LogP contribution >= 0.6 is 0 Å². The van der Waals surface area contributed by atoms with Crippen molar-refractivity contribution in [2.75, 3.05) is 14.2 Å². The van der Waals surface area contributed by atoms with Crippen molar-refractivity contribution in [1.82, 2.24) is 0 Å². The van der Waals surface area contributed by atoms with Gasteiger partial charge in [-0.05, 0) is 84.9 Å². The van der Waals surface area contributed by atoms with E-state index < -0.39 is 26.5 Å². The van der Waals surface area contributed by atoms with E-state index in [-0.39, 0.29) is 48.1 Å². The summed E-state index contributed by atoms with van der Waals surface area (Å²) in [6, 6.07) is 0. The minimum Gasteiger partial charge on any atom is -0.469 e. The van der Waals surface area contributed by atoms with Gasteiger partial charge in [0, 0.05) is 12.8 Å². The molecule has 0 aliphatic heterocycles. The number of aliphatic hydroxyl groups is 1. The number of aliphatic hydroxyl groups excluding tert-OH is 1. The first-order chi connectivity index (χ1) is 22.9. The topological polar surface area (TPSA) is 108 Å². The molecule has 0 amide bonds. The third-order valence-corrected chi connectivity index (χ3v) is 17.0. The summed E-state index contributed by atoms with van der Waals surface area (Å²) in [5, 5.41) is 10.4. The van der Waals surface area contributed by atoms with Crippen LogP contribution < -0.4 is 0 Å². The number of rotatable bonds is 20. The average molecular weight is 707 g/mol. The van der Waals surface area contributed by atoms with Gasteiger partial charge in [-0.3, -0.25) is 14.4 Å². The van der Waals surface area contributed by atoms with Gasteiger partial charge in [0.15, 0.2) is 6.10 Å². The lowest BCUT2D eigenvalue weighted by molar-refractivity contribution is -0.148. The zero-order valence-corrected chi connectivity index (χ0v) is 34.0. The summed E-state index contributed by atoms with van der Waals surface area (Å²) in [5.74, 6) is 6.12. The summed E-state index contributed by atoms with van der Waals surface area (Å²) in [6.45, 7) is 23.5. The number of hydrogen-bond donors (Lipinski definition) is 1. The maximum Gasteiger partial charge on any atom is 0.309 e. The zero-order chi connectivity index (χ0) is 37.5. The average Bonchev–Trinajstić information content (AvgIpc) is 3.50. The Bertz CT molecular complexity index is 1080. The smallest absolute Gasteiger partial charge is 0.309 e. The van der Waals surface area contributed by atoms with E-state index in [1.54, 1.807) is 0 Å². The third kappa shape index (κ3) is 14.2. The van der Waals surface area contributed by atoms with Crippen molar-refractivity contribution in [3.63, 3.8) is 0 Å². The van der Waals surface area contributed by atoms with Crippen LogP contribution in [-0.2, 0) is 33.0 Å². The molecule has 49 heavy (non-hydrogen) atoms. The van der Waals surface area contributed by atoms with Crippen molar-refractivity contribution >= 4 is 26.2 Å². The molecule has 0 aromatic carbocycles. The van der Waals surface area contributed by atoms with Gasteiger partial charge in [0.2, 0.25) is 8.32 Å². The first-order valence-corrected chi connectivity index (χ1v) is 20.9. The highest BCUT2D eigenvalue weighted by atomic mass is 28.4. The Morgan fingerprint density at radius 2 is 1.41 bits per heavy atom. The van der Waals surface area contributed by atoms with Gasteiger partial charge in [0.25, 0.3) is 0 Å². The summed E-state index contributed by atoms with van der Waals surface area (Å²) >= 11 is 0. The van der Waals surface area contributed by atoms with Gasteiger partial charge < -0.3 is 23.7 Å². The lowest BCUT2D eigenvalue weighted by atomic mass is 9.83. The van der Waals surface area contributed by atoms with Crippen LogP contribution in [-0.4, -0.2) is 63.9 Å². The SMILES string of the molecule is COC(=O)C[C@H](O)[C@@H](C)C[C@@H](C)C[C@@H](C)C[C@H](C)[C@H](C#C/C=C/C[C@H](O[Si](C(C)C)(C(C)C)C(C)C)[C@@H]1CCC[C@H]1C(=O)OC)OC(C)=O. The molecule has 0 heterocycles. The van der Waals surface area contributed by atoms with E-state index in [2.05, 4.69) is 80.2 Å². The predicted molar refractivity (Wildman–Crippen MR) is 199 cm³/mol. The molecule has 0 radical (unpaired) electrons. The van der Waals surface area contributed by atoms with Crippen molar-refractivity contribution < 1.29 is 38.1 Å². The second-order valence-electron chi connectivity index (χ2n) is 15.9. The Morgan fingerprint density at radius 1 is 0.837 bits per heavy atom. The van der Waals surface area contributed by atoms with Gasteiger partial charge in [-0.25, -0.2) is 0 Å². The van der Waals surface area contributed by atoms with Crippen LogP contribution in [0.4, 0.5) is 0 Å². The molecule has 0 spiro atoms. The molecule has 0 saturated heterocycles. The number of carbonyl (C=O) groups is 3. The molecule has 9 heteroatoms. The largest absolute Gasteiger partial charge is 0.469 e. The standard InChI is InChI=1S/C40H70O8Si/c1-26(2)49(27(3)4,28(5)6)48-38(34-18-17-19-35(34)40(44)46-13)21-16-14-15-20-37(47-33(11)41)32(10)24-30(8)22-29(7)23-31(9)36(42)25-39(43)45-12/h14,16,26-32,34-38,42H,17-19,21-25H2,1-13H3/b16-14+/t29-,30+,31-,32-,34+,35+,36-,37-,38-/m0/s1. The van der Waals surface area contributed by atoms with Crippen molar-refractivity contribution in [2.24, 2.45) is 35.5 Å². The third-order valence-electron chi connectivity index (χ3n) is 10.8. The molecule has 1 fully saturated rings. The molecule has 0 aromatic rings. The van der Waals surface area contributed by atoms with Gasteiger partial charge in [-0.15, -0.1) is 0 Å². The summed E-state index contributed by atoms with van der Waals surface area (Å²) in [6.07, 6.45) is 8.55. The lowest BCUT2D eigenvalue weighted by Gasteiger charge is -2.46. The number of hydrogen-bond acceptors (Lipinski definition) is 8. The lowest BCUT2D eigenvalue weighted by Crippen LogP contribution is -2.52. The van der Waals surface area contributed by atoms with Crippen LogP contribution in [0, 0.1) is 47.3 Å². The van der Waals surface area contributed by atoms with Crippen molar-refractivity contribution in [2.45, 2.75) is 162 Å². The Labute approximate surface area is 300 Å². The second kappa shape index (κ2) is 21.9. The van der Waals surface area contributed by atoms with E-state index >= 15 is 0 Å². The molecular formula is C40H70O8Si. The Morgan fingerprint density at radius 3 is 1.92 bits per heavy atom. The minimum atomic E-state index is -2.21. The molecule has 0 unspecified atom stereocenters. The van der Waals surface area contributed by atoms with Gasteiger partial charge in [0.05, 0.1) is 38.8 Å². The van der Waals surface area contributed by atoms with E-state index in [1.165, 1.54) is 21.1 Å². The summed E-state index contributed by atoms with van der Waals surface area (Å²) in [5.41, 5.74) is 1.28. The molecule has 282 valence electrons. The fraction of sp³-hybridized carbons (Fsp3) is 0.825. The van der Waals surface area contributed by atoms with E-state index in [1.807, 2.05) is 13.0 Å². The van der Waals surface area contributed by atoms with Crippen molar-refractivity contribution in [3.8, 4) is 11.8 Å². The first kappa shape index (κ1) is 44.9. The Balaban J connectivity index is 3.07. The first-order valence-electron chi connectivity index (χ1n) is 18.7. The summed E-state index contributed by atoms with van der Waals surface area (Å²) in [7, 11) is 0.592. The molecule has 1 N–H and O–H groups in total. The van der Waals surface area contributed by atoms with Crippen molar-refractivity contribution in [3.05, 3.63) is 12.2 Å². The fourth-order valence-electron chi connectivity index (χ4n) is 8.60. The molecule has 8 nitrogen and oxygen atoms in total. The Kier molecular flexibility index (Phi) is 20.1. The quantitative estimate of drug-likeness (QED) is 0.0580. The molecule has 1 aliphatic rings. The van der Waals surface area contributed by atoms with E-state index in [9.17, 15) is 19.5 Å². The second-order valence-corrected chi connectivity index (χ2v) is 21.3. The molecular weight excluding hydrogens is 637 g/mol. The van der Waals surface area contributed by atoms with Crippen LogP contribution in [0.1, 0.15) is 128 Å². The molecule has 1 rings (SSSR count). The van der Waals surface area contributed by atoms with Gasteiger partial charge in [-0.1, -0.05) is 93.6 Å². The van der Waals surface area contributed by atoms with Gasteiger partial charge in [0.1, 0.15) is 0 Å². The number of carbonyl (C=O) groups excluding carboxylic acids is 3. The van der Waals surface area contributed by atoms with Crippen molar-refractivity contribution in [1.29, 1.82) is 0 Å². The summed E-state index contributed by atoms with van der Waals surface area (Å²) < 4.78 is 22.9.